The maximum absolute atomic E-state index is 11.3. The SMILES string of the molecule is CCC(NCCS(=O)(=O)CC)c1ccco1. The van der Waals surface area contributed by atoms with Crippen molar-refractivity contribution in [1.29, 1.82) is 0 Å². The van der Waals surface area contributed by atoms with Crippen molar-refractivity contribution in [2.45, 2.75) is 26.3 Å². The Morgan fingerprint density at radius 3 is 2.69 bits per heavy atom. The molecular weight excluding hydrogens is 226 g/mol. The monoisotopic (exact) mass is 245 g/mol. The highest BCUT2D eigenvalue weighted by Crippen LogP contribution is 2.16. The molecule has 1 N–H and O–H groups in total. The van der Waals surface area contributed by atoms with Crippen molar-refractivity contribution in [3.63, 3.8) is 0 Å². The van der Waals surface area contributed by atoms with Crippen LogP contribution in [0.3, 0.4) is 0 Å². The molecule has 0 saturated carbocycles. The van der Waals surface area contributed by atoms with Crippen molar-refractivity contribution < 1.29 is 12.8 Å². The Hall–Kier alpha value is -0.810. The molecule has 0 bridgehead atoms. The molecule has 0 saturated heterocycles. The van der Waals surface area contributed by atoms with Crippen LogP contribution in [-0.2, 0) is 9.84 Å². The normalized spacial score (nSPS) is 13.9. The third-order valence-electron chi connectivity index (χ3n) is 2.54. The Balaban J connectivity index is 2.42. The third kappa shape index (κ3) is 3.98. The summed E-state index contributed by atoms with van der Waals surface area (Å²) in [6.07, 6.45) is 2.50. The van der Waals surface area contributed by atoms with Gasteiger partial charge in [-0.15, -0.1) is 0 Å². The fraction of sp³-hybridized carbons (Fsp3) is 0.636. The van der Waals surface area contributed by atoms with Crippen LogP contribution in [0.5, 0.6) is 0 Å². The van der Waals surface area contributed by atoms with Crippen LogP contribution >= 0.6 is 0 Å². The van der Waals surface area contributed by atoms with Crippen molar-refractivity contribution in [3.05, 3.63) is 24.2 Å². The van der Waals surface area contributed by atoms with E-state index in [9.17, 15) is 8.42 Å². The minimum absolute atomic E-state index is 0.0991. The largest absolute Gasteiger partial charge is 0.468 e. The van der Waals surface area contributed by atoms with Crippen LogP contribution in [0.15, 0.2) is 22.8 Å². The van der Waals surface area contributed by atoms with Gasteiger partial charge in [-0.2, -0.15) is 0 Å². The number of rotatable bonds is 7. The van der Waals surface area contributed by atoms with Crippen LogP contribution < -0.4 is 5.32 Å². The maximum Gasteiger partial charge on any atom is 0.151 e. The second-order valence-electron chi connectivity index (χ2n) is 3.67. The van der Waals surface area contributed by atoms with Gasteiger partial charge in [0.05, 0.1) is 18.1 Å². The van der Waals surface area contributed by atoms with Crippen molar-refractivity contribution >= 4 is 9.84 Å². The second kappa shape index (κ2) is 6.06. The van der Waals surface area contributed by atoms with E-state index in [4.69, 9.17) is 4.42 Å². The quantitative estimate of drug-likeness (QED) is 0.795. The van der Waals surface area contributed by atoms with Gasteiger partial charge in [-0.3, -0.25) is 0 Å². The molecule has 0 aliphatic carbocycles. The molecule has 1 unspecified atom stereocenters. The van der Waals surface area contributed by atoms with Crippen LogP contribution in [0, 0.1) is 0 Å². The predicted octanol–water partition coefficient (Wildman–Crippen LogP) is 1.76. The average molecular weight is 245 g/mol. The van der Waals surface area contributed by atoms with E-state index in [1.165, 1.54) is 0 Å². The summed E-state index contributed by atoms with van der Waals surface area (Å²) in [5.41, 5.74) is 0. The fourth-order valence-electron chi connectivity index (χ4n) is 1.47. The van der Waals surface area contributed by atoms with Crippen molar-refractivity contribution in [3.8, 4) is 0 Å². The molecule has 4 nitrogen and oxygen atoms in total. The minimum Gasteiger partial charge on any atom is -0.468 e. The molecule has 1 heterocycles. The van der Waals surface area contributed by atoms with Crippen LogP contribution in [-0.4, -0.2) is 26.5 Å². The molecule has 16 heavy (non-hydrogen) atoms. The van der Waals surface area contributed by atoms with Crippen molar-refractivity contribution in [2.75, 3.05) is 18.1 Å². The molecule has 1 aromatic heterocycles. The summed E-state index contributed by atoms with van der Waals surface area (Å²) >= 11 is 0. The molecule has 92 valence electrons. The lowest BCUT2D eigenvalue weighted by molar-refractivity contribution is 0.410. The van der Waals surface area contributed by atoms with Gasteiger partial charge < -0.3 is 9.73 Å². The van der Waals surface area contributed by atoms with E-state index in [1.54, 1.807) is 13.2 Å². The van der Waals surface area contributed by atoms with Gasteiger partial charge in [0.1, 0.15) is 5.76 Å². The maximum atomic E-state index is 11.3. The summed E-state index contributed by atoms with van der Waals surface area (Å²) < 4.78 is 27.9. The highest BCUT2D eigenvalue weighted by Gasteiger charge is 2.13. The Kier molecular flexibility index (Phi) is 5.02. The number of sulfone groups is 1. The summed E-state index contributed by atoms with van der Waals surface area (Å²) in [4.78, 5) is 0. The molecule has 0 fully saturated rings. The van der Waals surface area contributed by atoms with Gasteiger partial charge in [-0.05, 0) is 18.6 Å². The lowest BCUT2D eigenvalue weighted by Crippen LogP contribution is -2.27. The first kappa shape index (κ1) is 13.3. The molecule has 0 radical (unpaired) electrons. The molecule has 0 aromatic carbocycles. The van der Waals surface area contributed by atoms with Gasteiger partial charge in [0.25, 0.3) is 0 Å². The van der Waals surface area contributed by atoms with Crippen molar-refractivity contribution in [2.24, 2.45) is 0 Å². The van der Waals surface area contributed by atoms with Crippen molar-refractivity contribution in [1.82, 2.24) is 5.32 Å². The van der Waals surface area contributed by atoms with Crippen LogP contribution in [0.25, 0.3) is 0 Å². The summed E-state index contributed by atoms with van der Waals surface area (Å²) in [5.74, 6) is 1.24. The highest BCUT2D eigenvalue weighted by atomic mass is 32.2. The Bertz CT molecular complexity index is 383. The molecule has 1 aromatic rings. The van der Waals surface area contributed by atoms with E-state index in [-0.39, 0.29) is 17.5 Å². The van der Waals surface area contributed by atoms with E-state index in [0.29, 0.717) is 6.54 Å². The standard InChI is InChI=1S/C11H19NO3S/c1-3-10(11-6-5-8-15-11)12-7-9-16(13,14)4-2/h5-6,8,10,12H,3-4,7,9H2,1-2H3. The molecule has 0 spiro atoms. The lowest BCUT2D eigenvalue weighted by Gasteiger charge is -2.14. The molecule has 1 rings (SSSR count). The van der Waals surface area contributed by atoms with Crippen LogP contribution in [0.1, 0.15) is 32.1 Å². The first-order chi connectivity index (χ1) is 7.59. The number of nitrogens with one attached hydrogen (secondary N) is 1. The zero-order valence-electron chi connectivity index (χ0n) is 9.77. The molecule has 0 aliphatic heterocycles. The highest BCUT2D eigenvalue weighted by molar-refractivity contribution is 7.91. The average Bonchev–Trinajstić information content (AvgIpc) is 2.78. The predicted molar refractivity (Wildman–Crippen MR) is 64.1 cm³/mol. The summed E-state index contributed by atoms with van der Waals surface area (Å²) in [7, 11) is -2.89. The van der Waals surface area contributed by atoms with Gasteiger partial charge >= 0.3 is 0 Å². The molecule has 1 atom stereocenters. The Morgan fingerprint density at radius 1 is 1.44 bits per heavy atom. The first-order valence-corrected chi connectivity index (χ1v) is 7.38. The van der Waals surface area contributed by atoms with Gasteiger partial charge in [0, 0.05) is 12.3 Å². The van der Waals surface area contributed by atoms with E-state index < -0.39 is 9.84 Å². The van der Waals surface area contributed by atoms with E-state index in [2.05, 4.69) is 5.32 Å². The summed E-state index contributed by atoms with van der Waals surface area (Å²) in [5, 5.41) is 3.19. The molecular formula is C11H19NO3S. The summed E-state index contributed by atoms with van der Waals surface area (Å²) in [6.45, 7) is 4.17. The molecule has 0 aliphatic rings. The Morgan fingerprint density at radius 2 is 2.19 bits per heavy atom. The minimum atomic E-state index is -2.89. The topological polar surface area (TPSA) is 59.3 Å². The smallest absolute Gasteiger partial charge is 0.151 e. The Labute approximate surface area is 97.0 Å². The first-order valence-electron chi connectivity index (χ1n) is 5.56. The fourth-order valence-corrected chi connectivity index (χ4v) is 2.19. The van der Waals surface area contributed by atoms with Gasteiger partial charge in [-0.25, -0.2) is 8.42 Å². The summed E-state index contributed by atoms with van der Waals surface area (Å²) in [6, 6.07) is 3.83. The van der Waals surface area contributed by atoms with E-state index in [1.807, 2.05) is 19.1 Å². The van der Waals surface area contributed by atoms with Crippen LogP contribution in [0.4, 0.5) is 0 Å². The van der Waals surface area contributed by atoms with Gasteiger partial charge in [-0.1, -0.05) is 13.8 Å². The van der Waals surface area contributed by atoms with Gasteiger partial charge in [0.15, 0.2) is 9.84 Å². The molecule has 0 amide bonds. The third-order valence-corrected chi connectivity index (χ3v) is 4.24. The number of furan rings is 1. The zero-order chi connectivity index (χ0) is 12.0. The number of hydrogen-bond acceptors (Lipinski definition) is 4. The van der Waals surface area contributed by atoms with E-state index in [0.717, 1.165) is 12.2 Å². The lowest BCUT2D eigenvalue weighted by atomic mass is 10.2. The van der Waals surface area contributed by atoms with Crippen LogP contribution in [0.2, 0.25) is 0 Å². The second-order valence-corrected chi connectivity index (χ2v) is 6.14. The zero-order valence-corrected chi connectivity index (χ0v) is 10.6. The number of hydrogen-bond donors (Lipinski definition) is 1. The van der Waals surface area contributed by atoms with Gasteiger partial charge in [0.2, 0.25) is 0 Å². The van der Waals surface area contributed by atoms with E-state index >= 15 is 0 Å². The molecule has 5 heteroatoms.